The Kier molecular flexibility index (Phi) is 3.76. The number of azo groups is 1. The molecule has 7 nitrogen and oxygen atoms in total. The van der Waals surface area contributed by atoms with Crippen molar-refractivity contribution >= 4 is 28.0 Å². The van der Waals surface area contributed by atoms with Crippen molar-refractivity contribution in [2.75, 3.05) is 0 Å². The maximum atomic E-state index is 10.6. The first kappa shape index (κ1) is 14.7. The molecule has 3 aromatic rings. The van der Waals surface area contributed by atoms with E-state index in [1.807, 2.05) is 31.2 Å². The highest BCUT2D eigenvalue weighted by atomic mass is 16.6. The molecule has 0 amide bonds. The highest BCUT2D eigenvalue weighted by Gasteiger charge is 2.15. The first-order chi connectivity index (χ1) is 11.1. The van der Waals surface area contributed by atoms with Gasteiger partial charge in [0.25, 0.3) is 5.69 Å². The molecular formula is C16H14N4O3. The Balaban J connectivity index is 2.01. The summed E-state index contributed by atoms with van der Waals surface area (Å²) in [4.78, 5) is 10.2. The first-order valence-electron chi connectivity index (χ1n) is 7.08. The number of hydrogen-bond acceptors (Lipinski definition) is 5. The Bertz CT molecular complexity index is 898. The van der Waals surface area contributed by atoms with E-state index in [9.17, 15) is 15.2 Å². The largest absolute Gasteiger partial charge is 0.493 e. The van der Waals surface area contributed by atoms with Crippen LogP contribution in [0.3, 0.4) is 0 Å². The molecule has 0 unspecified atom stereocenters. The molecule has 0 aliphatic rings. The van der Waals surface area contributed by atoms with Crippen LogP contribution in [0.1, 0.15) is 6.92 Å². The molecule has 0 saturated heterocycles. The minimum absolute atomic E-state index is 0.00520. The lowest BCUT2D eigenvalue weighted by atomic mass is 10.2. The maximum absolute atomic E-state index is 10.6. The molecule has 0 bridgehead atoms. The van der Waals surface area contributed by atoms with Gasteiger partial charge in [0.15, 0.2) is 5.69 Å². The summed E-state index contributed by atoms with van der Waals surface area (Å²) in [5.74, 6) is 0.0550. The predicted octanol–water partition coefficient (Wildman–Crippen LogP) is 4.69. The number of aryl methyl sites for hydroxylation is 1. The second kappa shape index (κ2) is 5.88. The average Bonchev–Trinajstić information content (AvgIpc) is 2.84. The third-order valence-corrected chi connectivity index (χ3v) is 3.56. The lowest BCUT2D eigenvalue weighted by Crippen LogP contribution is -1.91. The van der Waals surface area contributed by atoms with Crippen molar-refractivity contribution in [1.29, 1.82) is 0 Å². The van der Waals surface area contributed by atoms with Gasteiger partial charge in [-0.1, -0.05) is 18.2 Å². The number of hydrogen-bond donors (Lipinski definition) is 1. The molecule has 116 valence electrons. The van der Waals surface area contributed by atoms with Gasteiger partial charge in [0.2, 0.25) is 5.88 Å². The van der Waals surface area contributed by atoms with Crippen LogP contribution < -0.4 is 0 Å². The second-order valence-electron chi connectivity index (χ2n) is 4.91. The van der Waals surface area contributed by atoms with Gasteiger partial charge in [0.1, 0.15) is 0 Å². The summed E-state index contributed by atoms with van der Waals surface area (Å²) in [5.41, 5.74) is 1.74. The number of nitro groups is 1. The van der Waals surface area contributed by atoms with Gasteiger partial charge in [-0.25, -0.2) is 0 Å². The van der Waals surface area contributed by atoms with Gasteiger partial charge in [-0.15, -0.1) is 5.11 Å². The SMILES string of the molecule is CCn1c(O)c(N=Nc2ccc([N+](=O)[O-])cc2)c2ccccc21. The summed E-state index contributed by atoms with van der Waals surface area (Å²) in [7, 11) is 0. The maximum Gasteiger partial charge on any atom is 0.269 e. The summed E-state index contributed by atoms with van der Waals surface area (Å²) >= 11 is 0. The smallest absolute Gasteiger partial charge is 0.269 e. The van der Waals surface area contributed by atoms with Crippen LogP contribution in [-0.2, 0) is 6.54 Å². The van der Waals surface area contributed by atoms with Gasteiger partial charge in [-0.3, -0.25) is 10.1 Å². The number of nitrogens with zero attached hydrogens (tertiary/aromatic N) is 4. The number of aromatic hydroxyl groups is 1. The van der Waals surface area contributed by atoms with Gasteiger partial charge < -0.3 is 9.67 Å². The Morgan fingerprint density at radius 2 is 1.83 bits per heavy atom. The standard InChI is InChI=1S/C16H14N4O3/c1-2-19-14-6-4-3-5-13(14)15(16(19)21)18-17-11-7-9-12(10-8-11)20(22)23/h3-10,21H,2H2,1H3. The molecule has 0 aliphatic heterocycles. The van der Waals surface area contributed by atoms with E-state index >= 15 is 0 Å². The highest BCUT2D eigenvalue weighted by molar-refractivity contribution is 5.94. The van der Waals surface area contributed by atoms with Gasteiger partial charge in [0.05, 0.1) is 16.1 Å². The van der Waals surface area contributed by atoms with E-state index < -0.39 is 4.92 Å². The molecule has 1 aromatic heterocycles. The van der Waals surface area contributed by atoms with Crippen LogP contribution in [0.4, 0.5) is 17.1 Å². The van der Waals surface area contributed by atoms with Crippen molar-refractivity contribution in [3.05, 3.63) is 58.6 Å². The van der Waals surface area contributed by atoms with Crippen LogP contribution in [0, 0.1) is 10.1 Å². The molecule has 0 radical (unpaired) electrons. The molecular weight excluding hydrogens is 296 g/mol. The Labute approximate surface area is 131 Å². The van der Waals surface area contributed by atoms with Crippen LogP contribution in [0.15, 0.2) is 58.8 Å². The zero-order valence-electron chi connectivity index (χ0n) is 12.4. The number of fused-ring (bicyclic) bond motifs is 1. The van der Waals surface area contributed by atoms with Crippen LogP contribution in [0.25, 0.3) is 10.9 Å². The molecule has 0 fully saturated rings. The fraction of sp³-hybridized carbons (Fsp3) is 0.125. The van der Waals surface area contributed by atoms with Crippen molar-refractivity contribution in [2.45, 2.75) is 13.5 Å². The Morgan fingerprint density at radius 3 is 2.48 bits per heavy atom. The molecule has 2 aromatic carbocycles. The lowest BCUT2D eigenvalue weighted by Gasteiger charge is -2.00. The zero-order valence-corrected chi connectivity index (χ0v) is 12.4. The van der Waals surface area contributed by atoms with Crippen molar-refractivity contribution in [3.63, 3.8) is 0 Å². The quantitative estimate of drug-likeness (QED) is 0.430. The molecule has 23 heavy (non-hydrogen) atoms. The minimum atomic E-state index is -0.471. The fourth-order valence-corrected chi connectivity index (χ4v) is 2.44. The lowest BCUT2D eigenvalue weighted by molar-refractivity contribution is -0.384. The number of benzene rings is 2. The molecule has 7 heteroatoms. The van der Waals surface area contributed by atoms with E-state index in [4.69, 9.17) is 0 Å². The third kappa shape index (κ3) is 2.64. The van der Waals surface area contributed by atoms with Crippen LogP contribution >= 0.6 is 0 Å². The molecule has 1 N–H and O–H groups in total. The Morgan fingerprint density at radius 1 is 1.13 bits per heavy atom. The van der Waals surface area contributed by atoms with Crippen molar-refractivity contribution in [3.8, 4) is 5.88 Å². The summed E-state index contributed by atoms with van der Waals surface area (Å²) < 4.78 is 1.75. The zero-order chi connectivity index (χ0) is 16.4. The van der Waals surface area contributed by atoms with Crippen molar-refractivity contribution in [1.82, 2.24) is 4.57 Å². The summed E-state index contributed by atoms with van der Waals surface area (Å²) in [6.45, 7) is 2.54. The third-order valence-electron chi connectivity index (χ3n) is 3.56. The highest BCUT2D eigenvalue weighted by Crippen LogP contribution is 2.39. The van der Waals surface area contributed by atoms with Gasteiger partial charge in [0, 0.05) is 24.1 Å². The normalized spacial score (nSPS) is 11.3. The molecule has 0 atom stereocenters. The summed E-state index contributed by atoms with van der Waals surface area (Å²) in [6.07, 6.45) is 0. The van der Waals surface area contributed by atoms with Gasteiger partial charge in [-0.2, -0.15) is 5.11 Å². The fourth-order valence-electron chi connectivity index (χ4n) is 2.44. The van der Waals surface area contributed by atoms with Crippen LogP contribution in [0.5, 0.6) is 5.88 Å². The van der Waals surface area contributed by atoms with Crippen LogP contribution in [0.2, 0.25) is 0 Å². The van der Waals surface area contributed by atoms with E-state index in [2.05, 4.69) is 10.2 Å². The predicted molar refractivity (Wildman–Crippen MR) is 86.5 cm³/mol. The average molecular weight is 310 g/mol. The van der Waals surface area contributed by atoms with E-state index in [-0.39, 0.29) is 11.6 Å². The molecule has 1 heterocycles. The topological polar surface area (TPSA) is 93.0 Å². The van der Waals surface area contributed by atoms with Crippen LogP contribution in [-0.4, -0.2) is 14.6 Å². The molecule has 0 saturated carbocycles. The van der Waals surface area contributed by atoms with Gasteiger partial charge in [-0.05, 0) is 25.1 Å². The first-order valence-corrected chi connectivity index (χ1v) is 7.08. The number of aromatic nitrogens is 1. The number of non-ortho nitro benzene ring substituents is 1. The number of para-hydroxylation sites is 1. The van der Waals surface area contributed by atoms with E-state index in [0.717, 1.165) is 10.9 Å². The van der Waals surface area contributed by atoms with E-state index in [1.54, 1.807) is 4.57 Å². The molecule has 0 spiro atoms. The van der Waals surface area contributed by atoms with E-state index in [0.29, 0.717) is 17.9 Å². The monoisotopic (exact) mass is 310 g/mol. The molecule has 0 aliphatic carbocycles. The number of rotatable bonds is 4. The van der Waals surface area contributed by atoms with Crippen molar-refractivity contribution in [2.24, 2.45) is 10.2 Å². The van der Waals surface area contributed by atoms with E-state index in [1.165, 1.54) is 24.3 Å². The van der Waals surface area contributed by atoms with Crippen molar-refractivity contribution < 1.29 is 10.0 Å². The number of nitro benzene ring substituents is 1. The molecule has 3 rings (SSSR count). The summed E-state index contributed by atoms with van der Waals surface area (Å²) in [5, 5.41) is 30.0. The summed E-state index contributed by atoms with van der Waals surface area (Å²) in [6, 6.07) is 13.3. The Hall–Kier alpha value is -3.22. The second-order valence-corrected chi connectivity index (χ2v) is 4.91. The minimum Gasteiger partial charge on any atom is -0.493 e. The van der Waals surface area contributed by atoms with Gasteiger partial charge >= 0.3 is 0 Å².